The van der Waals surface area contributed by atoms with E-state index in [1.54, 1.807) is 0 Å². The van der Waals surface area contributed by atoms with Crippen LogP contribution in [0.2, 0.25) is 0 Å². The van der Waals surface area contributed by atoms with E-state index in [1.807, 2.05) is 0 Å². The maximum atomic E-state index is 2.31. The average molecular weight is 294 g/mol. The summed E-state index contributed by atoms with van der Waals surface area (Å²) in [6, 6.07) is 13.6. The van der Waals surface area contributed by atoms with Crippen molar-refractivity contribution in [2.45, 2.75) is 66.2 Å². The van der Waals surface area contributed by atoms with Crippen molar-refractivity contribution in [3.8, 4) is 11.1 Å². The molecule has 0 aliphatic heterocycles. The molecule has 0 spiro atoms. The molecule has 0 N–H and O–H groups in total. The third kappa shape index (κ3) is 3.27. The van der Waals surface area contributed by atoms with Gasteiger partial charge >= 0.3 is 0 Å². The fraction of sp³-hybridized carbons (Fsp3) is 0.455. The van der Waals surface area contributed by atoms with Gasteiger partial charge in [-0.3, -0.25) is 0 Å². The highest BCUT2D eigenvalue weighted by atomic mass is 14.3. The second kappa shape index (κ2) is 5.57. The smallest absolute Gasteiger partial charge is 0.0106 e. The van der Waals surface area contributed by atoms with Crippen LogP contribution in [0.15, 0.2) is 36.4 Å². The molecule has 0 nitrogen and oxygen atoms in total. The summed E-state index contributed by atoms with van der Waals surface area (Å²) in [6.45, 7) is 18.2. The molecule has 0 fully saturated rings. The number of benzene rings is 2. The first-order valence-corrected chi connectivity index (χ1v) is 8.23. The van der Waals surface area contributed by atoms with Gasteiger partial charge in [-0.25, -0.2) is 0 Å². The lowest BCUT2D eigenvalue weighted by atomic mass is 9.74. The lowest BCUT2D eigenvalue weighted by molar-refractivity contribution is 0.572. The lowest BCUT2D eigenvalue weighted by Gasteiger charge is -2.31. The zero-order valence-electron chi connectivity index (χ0n) is 15.5. The minimum Gasteiger partial charge on any atom is -0.0616 e. The summed E-state index contributed by atoms with van der Waals surface area (Å²) >= 11 is 0. The van der Waals surface area contributed by atoms with Gasteiger partial charge in [0.05, 0.1) is 0 Å². The first-order valence-electron chi connectivity index (χ1n) is 8.23. The van der Waals surface area contributed by atoms with Gasteiger partial charge in [0.25, 0.3) is 0 Å². The minimum atomic E-state index is 0.133. The third-order valence-electron chi connectivity index (χ3n) is 4.33. The molecule has 2 rings (SSSR count). The van der Waals surface area contributed by atoms with Crippen LogP contribution < -0.4 is 0 Å². The van der Waals surface area contributed by atoms with Crippen molar-refractivity contribution in [3.63, 3.8) is 0 Å². The van der Waals surface area contributed by atoms with Crippen molar-refractivity contribution in [1.29, 1.82) is 0 Å². The second-order valence-electron chi connectivity index (χ2n) is 8.55. The molecule has 0 saturated carbocycles. The highest BCUT2D eigenvalue weighted by Gasteiger charge is 2.26. The molecular formula is C22H30. The van der Waals surface area contributed by atoms with Crippen LogP contribution in [0, 0.1) is 13.8 Å². The first-order chi connectivity index (χ1) is 10.0. The Morgan fingerprint density at radius 1 is 0.682 bits per heavy atom. The van der Waals surface area contributed by atoms with Crippen LogP contribution in [0.25, 0.3) is 11.1 Å². The molecule has 0 atom stereocenters. The van der Waals surface area contributed by atoms with E-state index in [2.05, 4.69) is 91.8 Å². The molecule has 0 saturated heterocycles. The third-order valence-corrected chi connectivity index (χ3v) is 4.33. The van der Waals surface area contributed by atoms with E-state index in [1.165, 1.54) is 33.4 Å². The van der Waals surface area contributed by atoms with Crippen LogP contribution in [0.1, 0.15) is 63.8 Å². The van der Waals surface area contributed by atoms with Gasteiger partial charge in [0, 0.05) is 0 Å². The van der Waals surface area contributed by atoms with Gasteiger partial charge in [0.1, 0.15) is 0 Å². The Balaban J connectivity index is 2.87. The normalized spacial score (nSPS) is 12.5. The zero-order valence-corrected chi connectivity index (χ0v) is 15.5. The SMILES string of the molecule is Cc1ccc(-c2c(C(C)(C)C)cccc2C(C)(C)C)c(C)c1. The van der Waals surface area contributed by atoms with E-state index < -0.39 is 0 Å². The van der Waals surface area contributed by atoms with Crippen LogP contribution in [0.5, 0.6) is 0 Å². The molecule has 0 aliphatic carbocycles. The predicted octanol–water partition coefficient (Wildman–Crippen LogP) is 6.57. The molecule has 0 radical (unpaired) electrons. The molecule has 0 aliphatic rings. The Kier molecular flexibility index (Phi) is 4.26. The molecule has 0 heterocycles. The van der Waals surface area contributed by atoms with Crippen LogP contribution in [-0.4, -0.2) is 0 Å². The van der Waals surface area contributed by atoms with E-state index >= 15 is 0 Å². The molecule has 0 aromatic heterocycles. The Hall–Kier alpha value is -1.56. The fourth-order valence-corrected chi connectivity index (χ4v) is 3.19. The van der Waals surface area contributed by atoms with Crippen LogP contribution in [0.3, 0.4) is 0 Å². The van der Waals surface area contributed by atoms with Gasteiger partial charge in [-0.15, -0.1) is 0 Å². The van der Waals surface area contributed by atoms with Crippen molar-refractivity contribution in [2.24, 2.45) is 0 Å². The van der Waals surface area contributed by atoms with Crippen LogP contribution >= 0.6 is 0 Å². The molecular weight excluding hydrogens is 264 g/mol. The maximum absolute atomic E-state index is 2.31. The van der Waals surface area contributed by atoms with E-state index in [9.17, 15) is 0 Å². The first kappa shape index (κ1) is 16.8. The Labute approximate surface area is 136 Å². The predicted molar refractivity (Wildman–Crippen MR) is 98.8 cm³/mol. The van der Waals surface area contributed by atoms with E-state index in [-0.39, 0.29) is 10.8 Å². The number of hydrogen-bond donors (Lipinski definition) is 0. The molecule has 0 amide bonds. The van der Waals surface area contributed by atoms with E-state index in [0.717, 1.165) is 0 Å². The van der Waals surface area contributed by atoms with Crippen LogP contribution in [0.4, 0.5) is 0 Å². The summed E-state index contributed by atoms with van der Waals surface area (Å²) in [4.78, 5) is 0. The summed E-state index contributed by atoms with van der Waals surface area (Å²) in [6.07, 6.45) is 0. The molecule has 0 heteroatoms. The van der Waals surface area contributed by atoms with E-state index in [4.69, 9.17) is 0 Å². The van der Waals surface area contributed by atoms with Crippen molar-refractivity contribution >= 4 is 0 Å². The molecule has 2 aromatic carbocycles. The van der Waals surface area contributed by atoms with Gasteiger partial charge in [-0.2, -0.15) is 0 Å². The molecule has 0 unspecified atom stereocenters. The summed E-state index contributed by atoms with van der Waals surface area (Å²) in [5, 5.41) is 0. The number of hydrogen-bond acceptors (Lipinski definition) is 0. The summed E-state index contributed by atoms with van der Waals surface area (Å²) in [5.74, 6) is 0. The van der Waals surface area contributed by atoms with Gasteiger partial charge in [-0.1, -0.05) is 83.5 Å². The molecule has 22 heavy (non-hydrogen) atoms. The Morgan fingerprint density at radius 2 is 1.18 bits per heavy atom. The highest BCUT2D eigenvalue weighted by Crippen LogP contribution is 2.41. The minimum absolute atomic E-state index is 0.133. The number of aryl methyl sites for hydroxylation is 2. The van der Waals surface area contributed by atoms with Crippen molar-refractivity contribution in [3.05, 3.63) is 58.7 Å². The standard InChI is InChI=1S/C22H30/c1-15-12-13-17(16(2)14-15)20-18(21(3,4)5)10-9-11-19(20)22(6,7)8/h9-14H,1-8H3. The lowest BCUT2D eigenvalue weighted by Crippen LogP contribution is -2.19. The van der Waals surface area contributed by atoms with Gasteiger partial charge < -0.3 is 0 Å². The number of rotatable bonds is 1. The monoisotopic (exact) mass is 294 g/mol. The van der Waals surface area contributed by atoms with Gasteiger partial charge in [0.2, 0.25) is 0 Å². The average Bonchev–Trinajstić information content (AvgIpc) is 2.36. The Morgan fingerprint density at radius 3 is 1.59 bits per heavy atom. The highest BCUT2D eigenvalue weighted by molar-refractivity contribution is 5.76. The summed E-state index contributed by atoms with van der Waals surface area (Å²) in [5.41, 5.74) is 8.63. The quantitative estimate of drug-likeness (QED) is 0.558. The van der Waals surface area contributed by atoms with Gasteiger partial charge in [0.15, 0.2) is 0 Å². The topological polar surface area (TPSA) is 0 Å². The Bertz CT molecular complexity index is 644. The van der Waals surface area contributed by atoms with Crippen molar-refractivity contribution in [1.82, 2.24) is 0 Å². The van der Waals surface area contributed by atoms with E-state index in [0.29, 0.717) is 0 Å². The maximum Gasteiger partial charge on any atom is -0.0106 e. The van der Waals surface area contributed by atoms with Crippen molar-refractivity contribution in [2.75, 3.05) is 0 Å². The van der Waals surface area contributed by atoms with Crippen LogP contribution in [-0.2, 0) is 10.8 Å². The van der Waals surface area contributed by atoms with Crippen molar-refractivity contribution < 1.29 is 0 Å². The molecule has 0 bridgehead atoms. The van der Waals surface area contributed by atoms with Gasteiger partial charge in [-0.05, 0) is 52.5 Å². The fourth-order valence-electron chi connectivity index (χ4n) is 3.19. The molecule has 118 valence electrons. The summed E-state index contributed by atoms with van der Waals surface area (Å²) in [7, 11) is 0. The summed E-state index contributed by atoms with van der Waals surface area (Å²) < 4.78 is 0. The second-order valence-corrected chi connectivity index (χ2v) is 8.55. The zero-order chi connectivity index (χ0) is 16.7. The molecule has 2 aromatic rings. The largest absolute Gasteiger partial charge is 0.0616 e.